The molecule has 0 aliphatic heterocycles. The maximum Gasteiger partial charge on any atom is 0.0831 e. The van der Waals surface area contributed by atoms with Crippen molar-refractivity contribution in [2.24, 2.45) is 5.92 Å². The standard InChI is InChI=1S/C14H20N2/c1-12(10-16(3)4)14(2,11-15)13-8-6-5-7-9-13/h5-9,12H,10H2,1-4H3. The smallest absolute Gasteiger partial charge is 0.0831 e. The quantitative estimate of drug-likeness (QED) is 0.773. The molecular formula is C14H20N2. The molecule has 2 unspecified atom stereocenters. The van der Waals surface area contributed by atoms with Crippen molar-refractivity contribution in [2.45, 2.75) is 19.3 Å². The maximum atomic E-state index is 9.45. The van der Waals surface area contributed by atoms with E-state index in [-0.39, 0.29) is 0 Å². The molecule has 0 N–H and O–H groups in total. The molecule has 0 amide bonds. The normalized spacial score (nSPS) is 16.5. The van der Waals surface area contributed by atoms with Gasteiger partial charge in [0, 0.05) is 6.54 Å². The van der Waals surface area contributed by atoms with Crippen LogP contribution in [0.1, 0.15) is 19.4 Å². The summed E-state index contributed by atoms with van der Waals surface area (Å²) in [6.07, 6.45) is 0. The minimum atomic E-state index is -0.411. The number of nitriles is 1. The van der Waals surface area contributed by atoms with Crippen molar-refractivity contribution in [3.05, 3.63) is 35.9 Å². The average molecular weight is 216 g/mol. The summed E-state index contributed by atoms with van der Waals surface area (Å²) in [5, 5.41) is 9.45. The highest BCUT2D eigenvalue weighted by Gasteiger charge is 2.33. The van der Waals surface area contributed by atoms with Gasteiger partial charge in [0.05, 0.1) is 11.5 Å². The molecule has 0 saturated heterocycles. The average Bonchev–Trinajstić information content (AvgIpc) is 2.28. The Morgan fingerprint density at radius 3 is 2.31 bits per heavy atom. The highest BCUT2D eigenvalue weighted by atomic mass is 15.1. The highest BCUT2D eigenvalue weighted by molar-refractivity contribution is 5.32. The van der Waals surface area contributed by atoms with E-state index in [0.717, 1.165) is 12.1 Å². The van der Waals surface area contributed by atoms with E-state index in [1.807, 2.05) is 51.4 Å². The third kappa shape index (κ3) is 2.62. The van der Waals surface area contributed by atoms with Crippen molar-refractivity contribution >= 4 is 0 Å². The van der Waals surface area contributed by atoms with Gasteiger partial charge in [-0.05, 0) is 32.5 Å². The molecule has 0 spiro atoms. The molecule has 0 saturated carbocycles. The summed E-state index contributed by atoms with van der Waals surface area (Å²) in [5.41, 5.74) is 0.692. The lowest BCUT2D eigenvalue weighted by molar-refractivity contribution is 0.278. The van der Waals surface area contributed by atoms with Crippen molar-refractivity contribution in [3.63, 3.8) is 0 Å². The van der Waals surface area contributed by atoms with Crippen LogP contribution in [0.5, 0.6) is 0 Å². The summed E-state index contributed by atoms with van der Waals surface area (Å²) in [4.78, 5) is 2.13. The maximum absolute atomic E-state index is 9.45. The fourth-order valence-electron chi connectivity index (χ4n) is 1.97. The van der Waals surface area contributed by atoms with Gasteiger partial charge in [-0.2, -0.15) is 5.26 Å². The first kappa shape index (κ1) is 12.7. The molecule has 1 rings (SSSR count). The van der Waals surface area contributed by atoms with E-state index in [2.05, 4.69) is 17.9 Å². The van der Waals surface area contributed by atoms with Crippen molar-refractivity contribution in [2.75, 3.05) is 20.6 Å². The largest absolute Gasteiger partial charge is 0.309 e. The van der Waals surface area contributed by atoms with E-state index < -0.39 is 5.41 Å². The van der Waals surface area contributed by atoms with Gasteiger partial charge in [-0.1, -0.05) is 37.3 Å². The van der Waals surface area contributed by atoms with Gasteiger partial charge in [0.1, 0.15) is 0 Å². The van der Waals surface area contributed by atoms with Gasteiger partial charge in [0.25, 0.3) is 0 Å². The fourth-order valence-corrected chi connectivity index (χ4v) is 1.97. The minimum absolute atomic E-state index is 0.301. The molecule has 0 fully saturated rings. The van der Waals surface area contributed by atoms with Gasteiger partial charge < -0.3 is 4.90 Å². The van der Waals surface area contributed by atoms with E-state index in [0.29, 0.717) is 5.92 Å². The second-order valence-corrected chi connectivity index (χ2v) is 4.84. The number of rotatable bonds is 4. The molecule has 1 aromatic rings. The van der Waals surface area contributed by atoms with Crippen LogP contribution in [0.2, 0.25) is 0 Å². The Labute approximate surface area is 98.5 Å². The number of benzene rings is 1. The predicted octanol–water partition coefficient (Wildman–Crippen LogP) is 2.67. The zero-order chi connectivity index (χ0) is 12.2. The number of hydrogen-bond donors (Lipinski definition) is 0. The van der Waals surface area contributed by atoms with E-state index >= 15 is 0 Å². The van der Waals surface area contributed by atoms with Crippen LogP contribution in [0.25, 0.3) is 0 Å². The first-order valence-electron chi connectivity index (χ1n) is 5.62. The summed E-state index contributed by atoms with van der Waals surface area (Å²) in [7, 11) is 4.08. The van der Waals surface area contributed by atoms with Crippen molar-refractivity contribution in [1.82, 2.24) is 4.90 Å². The summed E-state index contributed by atoms with van der Waals surface area (Å²) >= 11 is 0. The van der Waals surface area contributed by atoms with Crippen LogP contribution in [0.4, 0.5) is 0 Å². The molecule has 0 aliphatic carbocycles. The fraction of sp³-hybridized carbons (Fsp3) is 0.500. The van der Waals surface area contributed by atoms with Gasteiger partial charge in [-0.3, -0.25) is 0 Å². The Balaban J connectivity index is 2.99. The first-order valence-corrected chi connectivity index (χ1v) is 5.62. The van der Waals surface area contributed by atoms with Crippen LogP contribution >= 0.6 is 0 Å². The Hall–Kier alpha value is -1.33. The molecule has 86 valence electrons. The van der Waals surface area contributed by atoms with E-state index in [4.69, 9.17) is 0 Å². The van der Waals surface area contributed by atoms with Crippen LogP contribution in [0.3, 0.4) is 0 Å². The minimum Gasteiger partial charge on any atom is -0.309 e. The Bertz CT molecular complexity index is 364. The Kier molecular flexibility index (Phi) is 4.09. The van der Waals surface area contributed by atoms with Crippen LogP contribution in [-0.2, 0) is 5.41 Å². The second-order valence-electron chi connectivity index (χ2n) is 4.84. The molecule has 0 aromatic heterocycles. The van der Waals surface area contributed by atoms with Crippen LogP contribution < -0.4 is 0 Å². The van der Waals surface area contributed by atoms with Crippen LogP contribution in [0, 0.1) is 17.2 Å². The first-order chi connectivity index (χ1) is 7.50. The summed E-state index contributed by atoms with van der Waals surface area (Å²) in [6, 6.07) is 12.5. The van der Waals surface area contributed by atoms with E-state index in [9.17, 15) is 5.26 Å². The van der Waals surface area contributed by atoms with E-state index in [1.165, 1.54) is 0 Å². The Morgan fingerprint density at radius 2 is 1.88 bits per heavy atom. The molecule has 2 atom stereocenters. The van der Waals surface area contributed by atoms with E-state index in [1.54, 1.807) is 0 Å². The van der Waals surface area contributed by atoms with Gasteiger partial charge in [0.2, 0.25) is 0 Å². The molecule has 1 aromatic carbocycles. The number of nitrogens with zero attached hydrogens (tertiary/aromatic N) is 2. The molecule has 0 radical (unpaired) electrons. The molecule has 0 bridgehead atoms. The monoisotopic (exact) mass is 216 g/mol. The molecule has 2 heteroatoms. The van der Waals surface area contributed by atoms with Crippen molar-refractivity contribution in [1.29, 1.82) is 5.26 Å². The topological polar surface area (TPSA) is 27.0 Å². The lowest BCUT2D eigenvalue weighted by Gasteiger charge is -2.31. The van der Waals surface area contributed by atoms with Crippen LogP contribution in [-0.4, -0.2) is 25.5 Å². The predicted molar refractivity (Wildman–Crippen MR) is 67.1 cm³/mol. The summed E-state index contributed by atoms with van der Waals surface area (Å²) < 4.78 is 0. The lowest BCUT2D eigenvalue weighted by atomic mass is 9.73. The lowest BCUT2D eigenvalue weighted by Crippen LogP contribution is -2.35. The molecule has 16 heavy (non-hydrogen) atoms. The van der Waals surface area contributed by atoms with Crippen molar-refractivity contribution < 1.29 is 0 Å². The summed E-state index contributed by atoms with van der Waals surface area (Å²) in [5.74, 6) is 0.301. The third-order valence-corrected chi connectivity index (χ3v) is 3.23. The SMILES string of the molecule is CC(CN(C)C)C(C)(C#N)c1ccccc1. The second kappa shape index (κ2) is 5.14. The van der Waals surface area contributed by atoms with Gasteiger partial charge in [-0.15, -0.1) is 0 Å². The molecular weight excluding hydrogens is 196 g/mol. The highest BCUT2D eigenvalue weighted by Crippen LogP contribution is 2.31. The molecule has 0 heterocycles. The Morgan fingerprint density at radius 1 is 1.31 bits per heavy atom. The molecule has 0 aliphatic rings. The van der Waals surface area contributed by atoms with Gasteiger partial charge in [-0.25, -0.2) is 0 Å². The number of hydrogen-bond acceptors (Lipinski definition) is 2. The van der Waals surface area contributed by atoms with Crippen molar-refractivity contribution in [3.8, 4) is 6.07 Å². The van der Waals surface area contributed by atoms with Crippen LogP contribution in [0.15, 0.2) is 30.3 Å². The van der Waals surface area contributed by atoms with Gasteiger partial charge in [0.15, 0.2) is 0 Å². The summed E-state index contributed by atoms with van der Waals surface area (Å²) in [6.45, 7) is 5.08. The third-order valence-electron chi connectivity index (χ3n) is 3.23. The zero-order valence-electron chi connectivity index (χ0n) is 10.6. The zero-order valence-corrected chi connectivity index (χ0v) is 10.6. The van der Waals surface area contributed by atoms with Gasteiger partial charge >= 0.3 is 0 Å². The molecule has 2 nitrogen and oxygen atoms in total.